The van der Waals surface area contributed by atoms with Crippen LogP contribution < -0.4 is 58.9 Å². The Kier molecular flexibility index (Phi) is 41.4. The normalized spacial score (nSPS) is 16.0. The van der Waals surface area contributed by atoms with Gasteiger partial charge < -0.3 is 87.6 Å². The number of urea groups is 1. The average Bonchev–Trinajstić information content (AvgIpc) is 1.48. The number of aryl methyl sites for hydroxylation is 1. The van der Waals surface area contributed by atoms with Gasteiger partial charge in [-0.05, 0) is 142 Å². The molecule has 0 radical (unpaired) electrons. The zero-order valence-corrected chi connectivity index (χ0v) is 70.9. The van der Waals surface area contributed by atoms with E-state index in [1.807, 2.05) is 131 Å². The molecule has 628 valence electrons. The SMILES string of the molecule is CCOC(=O)NC(C)(C)C(=O)N[C@H](C(=O)N(C)[C@@H]([C@@H](C)CC)[C@@H](CC(=O)N1CCC[C@H]1[C@H](OC)[C@@H](C)C(=O)N[C@@H](Cc1ccccc1)c1nccs1)OC)C(C)C.COC(=O)N[C@@H](CCCCNC(=O)CC[C@@H](NC(C)(C)C)C(=O)C(C)(C)C)C(=O)N[C@H](C(=O)N[C@@H](CCCNC(N)=O)C(=O)Nc1ccc(C)cc1)C(C)C. The van der Waals surface area contributed by atoms with Gasteiger partial charge in [-0.1, -0.05) is 124 Å². The standard InChI is InChI=1S/C42H66N6O8S.C39H66N8O8/c1-12-27(5)35(47(9)39(51)34(26(3)4)45-40(52)42(7,8)46-41(53)56-13-2)32(54-10)25-33(49)48-22-17-20-31(48)36(55-11)28(6)37(50)44-30(38-43-21-23-57-38)24-29-18-15-14-16-19-29;1-24(2)31(35(52)44-28(15-13-23-42-36(40)53)33(50)43-26-18-16-25(3)17-19-26)46-34(51)29(45-37(54)55-10)14-11-12-22-41-30(48)21-20-27(47-39(7,8)9)32(49)38(4,5)6/h14-16,18-19,21,23,26-28,30-32,34-36H,12-13,17,20,22,24-25H2,1-11H3,(H,44,50)(H,45,52)(H,46,53);16-19,24,27-29,31,47H,11-15,20-23H2,1-10H3,(H,41,48)(H,43,50)(H,44,52)(H,45,54)(H,46,51)(H3,40,42,53)/t27-,28+,30-,31-,32+,34-,35-,36+;27-,28+,29+,31+/m01/s1. The molecule has 2 aromatic carbocycles. The molecule has 0 saturated carbocycles. The van der Waals surface area contributed by atoms with Crippen molar-refractivity contribution in [1.82, 2.24) is 62.6 Å². The highest BCUT2D eigenvalue weighted by Gasteiger charge is 2.45. The van der Waals surface area contributed by atoms with Gasteiger partial charge in [-0.25, -0.2) is 19.4 Å². The number of nitrogens with two attached hydrogens (primary N) is 1. The molecule has 4 rings (SSSR count). The highest BCUT2D eigenvalue weighted by atomic mass is 32.1. The summed E-state index contributed by atoms with van der Waals surface area (Å²) in [6, 6.07) is 10.6. The summed E-state index contributed by atoms with van der Waals surface area (Å²) in [5, 5.41) is 30.8. The lowest BCUT2D eigenvalue weighted by Crippen LogP contribution is -2.62. The number of hydrogen-bond acceptors (Lipinski definition) is 19. The van der Waals surface area contributed by atoms with Crippen molar-refractivity contribution in [2.24, 2.45) is 34.8 Å². The zero-order valence-electron chi connectivity index (χ0n) is 70.1. The molecule has 12 amide bonds. The largest absolute Gasteiger partial charge is 0.453 e. The maximum absolute atomic E-state index is 14.3. The van der Waals surface area contributed by atoms with E-state index in [1.54, 1.807) is 63.1 Å². The minimum Gasteiger partial charge on any atom is -0.453 e. The number of primary amides is 1. The first kappa shape index (κ1) is 97.4. The second-order valence-electron chi connectivity index (χ2n) is 32.1. The number of alkyl carbamates (subject to hydrolysis) is 2. The van der Waals surface area contributed by atoms with Crippen LogP contribution >= 0.6 is 11.3 Å². The molecule has 0 unspecified atom stereocenters. The number of nitrogens with zero attached hydrogens (tertiary/aromatic N) is 3. The lowest BCUT2D eigenvalue weighted by molar-refractivity contribution is -0.148. The fourth-order valence-corrected chi connectivity index (χ4v) is 13.8. The molecule has 3 aromatic rings. The van der Waals surface area contributed by atoms with Crippen molar-refractivity contribution in [3.05, 3.63) is 82.3 Å². The van der Waals surface area contributed by atoms with Crippen LogP contribution in [0.15, 0.2) is 66.2 Å². The first-order chi connectivity index (χ1) is 52.5. The summed E-state index contributed by atoms with van der Waals surface area (Å²) < 4.78 is 21.7. The van der Waals surface area contributed by atoms with Crippen molar-refractivity contribution >= 4 is 88.3 Å². The fourth-order valence-electron chi connectivity index (χ4n) is 13.2. The number of ketones is 1. The van der Waals surface area contributed by atoms with Crippen LogP contribution in [0.25, 0.3) is 0 Å². The Hall–Kier alpha value is -8.81. The summed E-state index contributed by atoms with van der Waals surface area (Å²) in [4.78, 5) is 165. The van der Waals surface area contributed by atoms with Gasteiger partial charge in [0.1, 0.15) is 34.7 Å². The molecule has 12 N–H and O–H groups in total. The van der Waals surface area contributed by atoms with E-state index in [0.29, 0.717) is 63.7 Å². The van der Waals surface area contributed by atoms with Crippen LogP contribution in [0.1, 0.15) is 204 Å². The Morgan fingerprint density at radius 3 is 1.87 bits per heavy atom. The van der Waals surface area contributed by atoms with Gasteiger partial charge in [0.2, 0.25) is 47.3 Å². The number of methoxy groups -OCH3 is 3. The van der Waals surface area contributed by atoms with E-state index in [1.165, 1.54) is 39.4 Å². The van der Waals surface area contributed by atoms with Gasteiger partial charge in [0.15, 0.2) is 5.78 Å². The summed E-state index contributed by atoms with van der Waals surface area (Å²) in [5.41, 5.74) is 5.54. The number of thiazole rings is 1. The number of amides is 12. The molecule has 112 heavy (non-hydrogen) atoms. The van der Waals surface area contributed by atoms with Crippen molar-refractivity contribution in [2.75, 3.05) is 59.9 Å². The Balaban J connectivity index is 0.000000581. The van der Waals surface area contributed by atoms with Gasteiger partial charge in [0.25, 0.3) is 0 Å². The highest BCUT2D eigenvalue weighted by Crippen LogP contribution is 2.32. The molecule has 0 bridgehead atoms. The van der Waals surface area contributed by atoms with Gasteiger partial charge in [0.05, 0.1) is 62.4 Å². The van der Waals surface area contributed by atoms with E-state index >= 15 is 0 Å². The van der Waals surface area contributed by atoms with Crippen LogP contribution in [0.5, 0.6) is 0 Å². The van der Waals surface area contributed by atoms with E-state index < -0.39 is 113 Å². The van der Waals surface area contributed by atoms with E-state index in [0.717, 1.165) is 22.6 Å². The molecule has 30 nitrogen and oxygen atoms in total. The van der Waals surface area contributed by atoms with Crippen LogP contribution in [0.4, 0.5) is 20.1 Å². The molecular weight excluding hydrogens is 1460 g/mol. The molecular formula is C81H132N14O16S. The number of likely N-dealkylation sites (N-methyl/N-ethyl adjacent to an activating group) is 1. The highest BCUT2D eigenvalue weighted by molar-refractivity contribution is 7.09. The number of anilines is 1. The lowest BCUT2D eigenvalue weighted by atomic mass is 9.84. The number of likely N-dealkylation sites (tertiary alicyclic amines) is 1. The molecule has 2 heterocycles. The van der Waals surface area contributed by atoms with Crippen molar-refractivity contribution in [1.29, 1.82) is 0 Å². The van der Waals surface area contributed by atoms with Gasteiger partial charge in [-0.3, -0.25) is 43.2 Å². The zero-order chi connectivity index (χ0) is 84.4. The van der Waals surface area contributed by atoms with Crippen LogP contribution in [0.2, 0.25) is 0 Å². The Morgan fingerprint density at radius 1 is 0.688 bits per heavy atom. The Labute approximate surface area is 667 Å². The topological polar surface area (TPSA) is 407 Å². The quantitative estimate of drug-likeness (QED) is 0.0237. The van der Waals surface area contributed by atoms with Gasteiger partial charge >= 0.3 is 18.2 Å². The molecule has 0 aliphatic carbocycles. The summed E-state index contributed by atoms with van der Waals surface area (Å²) in [7, 11) is 5.96. The predicted octanol–water partition coefficient (Wildman–Crippen LogP) is 8.30. The summed E-state index contributed by atoms with van der Waals surface area (Å²) in [6.45, 7) is 32.3. The monoisotopic (exact) mass is 1590 g/mol. The fraction of sp³-hybridized carbons (Fsp3) is 0.667. The number of aromatic nitrogens is 1. The van der Waals surface area contributed by atoms with Crippen molar-refractivity contribution < 1.29 is 76.5 Å². The second-order valence-corrected chi connectivity index (χ2v) is 33.0. The number of hydrogen-bond donors (Lipinski definition) is 11. The second kappa shape index (κ2) is 47.6. The summed E-state index contributed by atoms with van der Waals surface area (Å²) in [6.07, 6.45) is 3.69. The molecule has 1 aromatic heterocycles. The molecule has 1 aliphatic heterocycles. The smallest absolute Gasteiger partial charge is 0.407 e. The number of ether oxygens (including phenoxy) is 4. The van der Waals surface area contributed by atoms with Crippen molar-refractivity contribution in [3.8, 4) is 0 Å². The van der Waals surface area contributed by atoms with Crippen molar-refractivity contribution in [3.63, 3.8) is 0 Å². The van der Waals surface area contributed by atoms with E-state index in [2.05, 4.69) is 58.2 Å². The molecule has 1 fully saturated rings. The number of carbonyl (C=O) groups excluding carboxylic acids is 12. The van der Waals surface area contributed by atoms with Crippen molar-refractivity contribution in [2.45, 2.75) is 266 Å². The lowest BCUT2D eigenvalue weighted by Gasteiger charge is -2.41. The minimum absolute atomic E-state index is 0.00493. The molecule has 1 saturated heterocycles. The summed E-state index contributed by atoms with van der Waals surface area (Å²) >= 11 is 1.49. The number of nitrogens with one attached hydrogen (secondary N) is 10. The number of benzene rings is 2. The number of carbonyl (C=O) groups is 12. The van der Waals surface area contributed by atoms with Crippen LogP contribution in [-0.4, -0.2) is 206 Å². The molecule has 31 heteroatoms. The van der Waals surface area contributed by atoms with E-state index in [-0.39, 0.29) is 97.7 Å². The predicted molar refractivity (Wildman–Crippen MR) is 432 cm³/mol. The minimum atomic E-state index is -1.36. The third-order valence-electron chi connectivity index (χ3n) is 19.6. The maximum atomic E-state index is 14.3. The van der Waals surface area contributed by atoms with Crippen LogP contribution in [0.3, 0.4) is 0 Å². The third-order valence-corrected chi connectivity index (χ3v) is 20.5. The molecule has 1 aliphatic rings. The summed E-state index contributed by atoms with van der Waals surface area (Å²) in [5.74, 6) is -4.48. The first-order valence-electron chi connectivity index (χ1n) is 39.1. The molecule has 12 atom stereocenters. The third kappa shape index (κ3) is 33.1. The maximum Gasteiger partial charge on any atom is 0.407 e. The van der Waals surface area contributed by atoms with Crippen LogP contribution in [-0.2, 0) is 68.5 Å². The first-order valence-corrected chi connectivity index (χ1v) is 40.0. The molecule has 0 spiro atoms. The van der Waals surface area contributed by atoms with E-state index in [4.69, 9.17) is 24.7 Å². The Morgan fingerprint density at radius 2 is 1.31 bits per heavy atom. The van der Waals surface area contributed by atoms with Crippen LogP contribution in [0, 0.1) is 36.0 Å². The van der Waals surface area contributed by atoms with E-state index in [9.17, 15) is 57.5 Å². The number of unbranched alkanes of at least 4 members (excludes halogenated alkanes) is 1. The average molecular weight is 1590 g/mol. The van der Waals surface area contributed by atoms with Gasteiger partial charge in [-0.2, -0.15) is 0 Å². The Bertz CT molecular complexity index is 3480. The number of rotatable bonds is 43. The van der Waals surface area contributed by atoms with Gasteiger partial charge in [0, 0.05) is 75.5 Å². The van der Waals surface area contributed by atoms with Gasteiger partial charge in [-0.15, -0.1) is 11.3 Å². The number of Topliss-reactive ketones (excluding diaryl/α,β-unsaturated/α-hetero) is 1.